The first-order valence-electron chi connectivity index (χ1n) is 5.41. The summed E-state index contributed by atoms with van der Waals surface area (Å²) in [6, 6.07) is 0. The van der Waals surface area contributed by atoms with E-state index in [2.05, 4.69) is 18.9 Å². The molecule has 2 N–H and O–H groups in total. The maximum atomic E-state index is 9.15. The van der Waals surface area contributed by atoms with Gasteiger partial charge in [0, 0.05) is 18.5 Å². The average Bonchev–Trinajstić information content (AvgIpc) is 2.81. The second kappa shape index (κ2) is 4.60. The minimum atomic E-state index is -0.354. The van der Waals surface area contributed by atoms with Gasteiger partial charge in [-0.15, -0.1) is 0 Å². The summed E-state index contributed by atoms with van der Waals surface area (Å²) in [5.41, 5.74) is -0.354. The van der Waals surface area contributed by atoms with Gasteiger partial charge in [0.1, 0.15) is 0 Å². The third kappa shape index (κ3) is 3.23. The van der Waals surface area contributed by atoms with Gasteiger partial charge in [-0.25, -0.2) is 0 Å². The fraction of sp³-hybridized carbons (Fsp3) is 1.00. The van der Waals surface area contributed by atoms with E-state index in [9.17, 15) is 0 Å². The number of hydrogen-bond acceptors (Lipinski definition) is 3. The Bertz CT molecular complexity index is 180. The predicted octanol–water partition coefficient (Wildman–Crippen LogP) is 0.565. The zero-order valence-corrected chi connectivity index (χ0v) is 9.53. The third-order valence-corrected chi connectivity index (χ3v) is 3.24. The van der Waals surface area contributed by atoms with Gasteiger partial charge in [0.05, 0.1) is 13.2 Å². The summed E-state index contributed by atoms with van der Waals surface area (Å²) in [5, 5.41) is 18.3. The van der Waals surface area contributed by atoms with E-state index in [0.717, 1.165) is 24.9 Å². The fourth-order valence-electron chi connectivity index (χ4n) is 1.92. The van der Waals surface area contributed by atoms with E-state index in [-0.39, 0.29) is 18.6 Å². The molecule has 14 heavy (non-hydrogen) atoms. The van der Waals surface area contributed by atoms with E-state index in [0.29, 0.717) is 0 Å². The van der Waals surface area contributed by atoms with Crippen LogP contribution in [0, 0.1) is 17.3 Å². The number of aliphatic hydroxyl groups is 2. The molecule has 0 saturated heterocycles. The lowest BCUT2D eigenvalue weighted by molar-refractivity contribution is 0.0407. The van der Waals surface area contributed by atoms with Gasteiger partial charge in [0.15, 0.2) is 0 Å². The van der Waals surface area contributed by atoms with Crippen molar-refractivity contribution < 1.29 is 10.2 Å². The molecule has 0 heterocycles. The molecule has 0 bridgehead atoms. The molecule has 84 valence electrons. The Morgan fingerprint density at radius 1 is 1.36 bits per heavy atom. The summed E-state index contributed by atoms with van der Waals surface area (Å²) in [6.45, 7) is 6.15. The largest absolute Gasteiger partial charge is 0.396 e. The molecular weight excluding hydrogens is 178 g/mol. The first-order valence-corrected chi connectivity index (χ1v) is 5.41. The Morgan fingerprint density at radius 3 is 2.21 bits per heavy atom. The Balaban J connectivity index is 2.27. The van der Waals surface area contributed by atoms with E-state index in [4.69, 9.17) is 10.2 Å². The van der Waals surface area contributed by atoms with Crippen LogP contribution in [0.25, 0.3) is 0 Å². The second-order valence-electron chi connectivity index (χ2n) is 5.30. The van der Waals surface area contributed by atoms with Gasteiger partial charge in [-0.2, -0.15) is 0 Å². The van der Waals surface area contributed by atoms with Crippen LogP contribution in [0.3, 0.4) is 0 Å². The number of hydrogen-bond donors (Lipinski definition) is 2. The Labute approximate surface area is 86.7 Å². The van der Waals surface area contributed by atoms with Crippen molar-refractivity contribution in [3.05, 3.63) is 0 Å². The van der Waals surface area contributed by atoms with Crippen molar-refractivity contribution in [2.45, 2.75) is 20.3 Å². The SMILES string of the molecule is CC1CC1CN(C)CC(C)(CO)CO. The molecule has 3 nitrogen and oxygen atoms in total. The average molecular weight is 201 g/mol. The minimum Gasteiger partial charge on any atom is -0.396 e. The van der Waals surface area contributed by atoms with Gasteiger partial charge in [0.25, 0.3) is 0 Å². The molecule has 1 aliphatic carbocycles. The van der Waals surface area contributed by atoms with Crippen molar-refractivity contribution in [3.63, 3.8) is 0 Å². The predicted molar refractivity (Wildman–Crippen MR) is 57.0 cm³/mol. The fourth-order valence-corrected chi connectivity index (χ4v) is 1.92. The molecule has 0 aliphatic heterocycles. The van der Waals surface area contributed by atoms with Gasteiger partial charge in [-0.1, -0.05) is 13.8 Å². The minimum absolute atomic E-state index is 0.0497. The topological polar surface area (TPSA) is 43.7 Å². The van der Waals surface area contributed by atoms with Gasteiger partial charge in [-0.05, 0) is 25.3 Å². The molecule has 0 spiro atoms. The van der Waals surface area contributed by atoms with E-state index >= 15 is 0 Å². The van der Waals surface area contributed by atoms with Crippen molar-refractivity contribution in [2.75, 3.05) is 33.4 Å². The monoisotopic (exact) mass is 201 g/mol. The summed E-state index contributed by atoms with van der Waals surface area (Å²) in [5.74, 6) is 1.70. The lowest BCUT2D eigenvalue weighted by atomic mass is 9.92. The zero-order valence-electron chi connectivity index (χ0n) is 9.53. The number of nitrogens with zero attached hydrogens (tertiary/aromatic N) is 1. The Hall–Kier alpha value is -0.120. The summed E-state index contributed by atoms with van der Waals surface area (Å²) in [6.07, 6.45) is 1.33. The van der Waals surface area contributed by atoms with Crippen molar-refractivity contribution in [1.29, 1.82) is 0 Å². The molecule has 0 aromatic rings. The first kappa shape index (κ1) is 12.0. The molecular formula is C11H23NO2. The maximum absolute atomic E-state index is 9.15. The molecule has 1 aliphatic rings. The normalized spacial score (nSPS) is 27.0. The molecule has 1 rings (SSSR count). The third-order valence-electron chi connectivity index (χ3n) is 3.24. The molecule has 3 heteroatoms. The molecule has 1 saturated carbocycles. The van der Waals surface area contributed by atoms with Crippen LogP contribution in [0.1, 0.15) is 20.3 Å². The van der Waals surface area contributed by atoms with Gasteiger partial charge >= 0.3 is 0 Å². The molecule has 2 unspecified atom stereocenters. The van der Waals surface area contributed by atoms with Crippen molar-refractivity contribution >= 4 is 0 Å². The lowest BCUT2D eigenvalue weighted by Gasteiger charge is -2.30. The van der Waals surface area contributed by atoms with E-state index in [1.165, 1.54) is 6.42 Å². The van der Waals surface area contributed by atoms with Crippen LogP contribution in [0.4, 0.5) is 0 Å². The van der Waals surface area contributed by atoms with Gasteiger partial charge in [0.2, 0.25) is 0 Å². The van der Waals surface area contributed by atoms with Crippen LogP contribution in [0.2, 0.25) is 0 Å². The summed E-state index contributed by atoms with van der Waals surface area (Å²) in [4.78, 5) is 2.22. The summed E-state index contributed by atoms with van der Waals surface area (Å²) >= 11 is 0. The van der Waals surface area contributed by atoms with Crippen LogP contribution in [-0.2, 0) is 0 Å². The smallest absolute Gasteiger partial charge is 0.0519 e. The highest BCUT2D eigenvalue weighted by Crippen LogP contribution is 2.38. The number of rotatable bonds is 6. The Morgan fingerprint density at radius 2 is 1.86 bits per heavy atom. The first-order chi connectivity index (χ1) is 6.50. The van der Waals surface area contributed by atoms with E-state index in [1.807, 2.05) is 6.92 Å². The van der Waals surface area contributed by atoms with Crippen molar-refractivity contribution in [3.8, 4) is 0 Å². The highest BCUT2D eigenvalue weighted by atomic mass is 16.3. The molecule has 2 atom stereocenters. The van der Waals surface area contributed by atoms with Crippen LogP contribution in [-0.4, -0.2) is 48.5 Å². The van der Waals surface area contributed by atoms with Gasteiger partial charge in [-0.3, -0.25) is 0 Å². The van der Waals surface area contributed by atoms with Crippen LogP contribution >= 0.6 is 0 Å². The molecule has 1 fully saturated rings. The van der Waals surface area contributed by atoms with E-state index < -0.39 is 0 Å². The van der Waals surface area contributed by atoms with Crippen molar-refractivity contribution in [2.24, 2.45) is 17.3 Å². The number of aliphatic hydroxyl groups excluding tert-OH is 2. The van der Waals surface area contributed by atoms with Gasteiger partial charge < -0.3 is 15.1 Å². The van der Waals surface area contributed by atoms with Crippen LogP contribution in [0.5, 0.6) is 0 Å². The molecule has 0 aromatic heterocycles. The molecule has 0 amide bonds. The lowest BCUT2D eigenvalue weighted by Crippen LogP contribution is -2.39. The summed E-state index contributed by atoms with van der Waals surface area (Å²) in [7, 11) is 2.06. The van der Waals surface area contributed by atoms with Crippen LogP contribution < -0.4 is 0 Å². The highest BCUT2D eigenvalue weighted by molar-refractivity contribution is 4.86. The Kier molecular flexibility index (Phi) is 3.93. The maximum Gasteiger partial charge on any atom is 0.0519 e. The van der Waals surface area contributed by atoms with Crippen LogP contribution in [0.15, 0.2) is 0 Å². The van der Waals surface area contributed by atoms with E-state index in [1.54, 1.807) is 0 Å². The quantitative estimate of drug-likeness (QED) is 0.660. The highest BCUT2D eigenvalue weighted by Gasteiger charge is 2.34. The standard InChI is InChI=1S/C11H23NO2/c1-9-4-10(9)5-12(3)6-11(2,7-13)8-14/h9-10,13-14H,4-8H2,1-3H3. The van der Waals surface area contributed by atoms with Crippen molar-refractivity contribution in [1.82, 2.24) is 4.90 Å². The molecule has 0 radical (unpaired) electrons. The molecule has 0 aromatic carbocycles. The zero-order chi connectivity index (χ0) is 10.8. The second-order valence-corrected chi connectivity index (χ2v) is 5.30. The summed E-state index contributed by atoms with van der Waals surface area (Å²) < 4.78 is 0.